The van der Waals surface area contributed by atoms with Gasteiger partial charge in [-0.2, -0.15) is 0 Å². The van der Waals surface area contributed by atoms with E-state index >= 15 is 0 Å². The van der Waals surface area contributed by atoms with Crippen molar-refractivity contribution < 1.29 is 0 Å². The van der Waals surface area contributed by atoms with E-state index in [1.165, 1.54) is 12.8 Å². The van der Waals surface area contributed by atoms with Gasteiger partial charge in [-0.05, 0) is 39.8 Å². The standard InChI is InChI=1S/C11H22N6/c1-11(2,17-6-4-5-7-17)10(14-12)9-8-13-15-16(9)3/h8,10,14H,4-7,12H2,1-3H3. The molecule has 17 heavy (non-hydrogen) atoms. The molecule has 3 N–H and O–H groups in total. The fraction of sp³-hybridized carbons (Fsp3) is 0.818. The number of nitrogens with zero attached hydrogens (tertiary/aromatic N) is 4. The SMILES string of the molecule is Cn1nncc1C(NN)C(C)(C)N1CCCC1. The highest BCUT2D eigenvalue weighted by Gasteiger charge is 2.38. The van der Waals surface area contributed by atoms with Gasteiger partial charge in [0.25, 0.3) is 0 Å². The molecule has 0 bridgehead atoms. The lowest BCUT2D eigenvalue weighted by atomic mass is 9.90. The molecule has 1 fully saturated rings. The van der Waals surface area contributed by atoms with Crippen molar-refractivity contribution in [3.8, 4) is 0 Å². The molecule has 6 nitrogen and oxygen atoms in total. The van der Waals surface area contributed by atoms with Gasteiger partial charge in [-0.1, -0.05) is 5.21 Å². The molecule has 0 spiro atoms. The molecule has 1 aromatic rings. The number of rotatable bonds is 4. The fourth-order valence-corrected chi connectivity index (χ4v) is 2.69. The van der Waals surface area contributed by atoms with Gasteiger partial charge in [-0.3, -0.25) is 15.4 Å². The highest BCUT2D eigenvalue weighted by molar-refractivity contribution is 5.10. The van der Waals surface area contributed by atoms with Gasteiger partial charge in [0.15, 0.2) is 0 Å². The van der Waals surface area contributed by atoms with E-state index in [9.17, 15) is 0 Å². The van der Waals surface area contributed by atoms with Crippen LogP contribution in [-0.4, -0.2) is 38.5 Å². The lowest BCUT2D eigenvalue weighted by molar-refractivity contribution is 0.103. The van der Waals surface area contributed by atoms with Crippen LogP contribution in [0, 0.1) is 0 Å². The summed E-state index contributed by atoms with van der Waals surface area (Å²) in [6.45, 7) is 6.71. The van der Waals surface area contributed by atoms with Gasteiger partial charge in [-0.15, -0.1) is 5.10 Å². The minimum absolute atomic E-state index is 0.0283. The molecule has 6 heteroatoms. The Morgan fingerprint density at radius 1 is 1.41 bits per heavy atom. The Morgan fingerprint density at radius 3 is 2.53 bits per heavy atom. The number of hydrogen-bond donors (Lipinski definition) is 2. The van der Waals surface area contributed by atoms with Crippen molar-refractivity contribution in [1.82, 2.24) is 25.3 Å². The van der Waals surface area contributed by atoms with Crippen LogP contribution in [0.2, 0.25) is 0 Å². The molecule has 1 aliphatic heterocycles. The quantitative estimate of drug-likeness (QED) is 0.579. The first kappa shape index (κ1) is 12.5. The summed E-state index contributed by atoms with van der Waals surface area (Å²) >= 11 is 0. The number of hydrogen-bond acceptors (Lipinski definition) is 5. The zero-order valence-electron chi connectivity index (χ0n) is 10.8. The Morgan fingerprint density at radius 2 is 2.06 bits per heavy atom. The maximum absolute atomic E-state index is 5.74. The van der Waals surface area contributed by atoms with Gasteiger partial charge in [-0.25, -0.2) is 5.43 Å². The van der Waals surface area contributed by atoms with Crippen molar-refractivity contribution in [2.75, 3.05) is 13.1 Å². The second-order valence-electron chi connectivity index (χ2n) is 5.23. The molecule has 1 atom stereocenters. The summed E-state index contributed by atoms with van der Waals surface area (Å²) in [6, 6.07) is 0.0283. The summed E-state index contributed by atoms with van der Waals surface area (Å²) in [4.78, 5) is 2.48. The summed E-state index contributed by atoms with van der Waals surface area (Å²) in [6.07, 6.45) is 4.32. The minimum atomic E-state index is -0.0409. The van der Waals surface area contributed by atoms with Gasteiger partial charge in [0, 0.05) is 12.6 Å². The number of aromatic nitrogens is 3. The molecule has 1 aromatic heterocycles. The largest absolute Gasteiger partial charge is 0.296 e. The zero-order chi connectivity index (χ0) is 12.5. The first-order chi connectivity index (χ1) is 8.07. The van der Waals surface area contributed by atoms with Crippen LogP contribution in [0.4, 0.5) is 0 Å². The van der Waals surface area contributed by atoms with Gasteiger partial charge < -0.3 is 0 Å². The summed E-state index contributed by atoms with van der Waals surface area (Å²) < 4.78 is 1.78. The molecule has 2 heterocycles. The second kappa shape index (κ2) is 4.72. The Balaban J connectivity index is 2.25. The maximum atomic E-state index is 5.74. The van der Waals surface area contributed by atoms with Crippen LogP contribution in [0.5, 0.6) is 0 Å². The van der Waals surface area contributed by atoms with E-state index in [2.05, 4.69) is 34.5 Å². The third-order valence-electron chi connectivity index (χ3n) is 3.84. The average Bonchev–Trinajstić information content (AvgIpc) is 2.91. The van der Waals surface area contributed by atoms with E-state index in [1.807, 2.05) is 7.05 Å². The number of likely N-dealkylation sites (tertiary alicyclic amines) is 1. The van der Waals surface area contributed by atoms with Crippen LogP contribution >= 0.6 is 0 Å². The monoisotopic (exact) mass is 238 g/mol. The van der Waals surface area contributed by atoms with Crippen molar-refractivity contribution in [2.45, 2.75) is 38.3 Å². The number of hydrazine groups is 1. The summed E-state index contributed by atoms with van der Waals surface area (Å²) in [5, 5.41) is 7.91. The number of nitrogens with two attached hydrogens (primary N) is 1. The van der Waals surface area contributed by atoms with Gasteiger partial charge in [0.1, 0.15) is 0 Å². The molecule has 0 aliphatic carbocycles. The van der Waals surface area contributed by atoms with Crippen LogP contribution in [-0.2, 0) is 7.05 Å². The number of nitrogens with one attached hydrogen (secondary N) is 1. The molecular weight excluding hydrogens is 216 g/mol. The summed E-state index contributed by atoms with van der Waals surface area (Å²) in [7, 11) is 1.90. The second-order valence-corrected chi connectivity index (χ2v) is 5.23. The molecule has 0 aromatic carbocycles. The molecule has 96 valence electrons. The minimum Gasteiger partial charge on any atom is -0.296 e. The molecule has 1 unspecified atom stereocenters. The van der Waals surface area contributed by atoms with Gasteiger partial charge in [0.05, 0.1) is 17.9 Å². The normalized spacial score (nSPS) is 19.8. The van der Waals surface area contributed by atoms with Crippen molar-refractivity contribution in [3.05, 3.63) is 11.9 Å². The average molecular weight is 238 g/mol. The Kier molecular flexibility index (Phi) is 3.46. The van der Waals surface area contributed by atoms with Gasteiger partial charge in [0.2, 0.25) is 0 Å². The molecule has 0 amide bonds. The Labute approximate surface area is 102 Å². The lowest BCUT2D eigenvalue weighted by Crippen LogP contribution is -2.53. The van der Waals surface area contributed by atoms with E-state index in [1.54, 1.807) is 10.9 Å². The fourth-order valence-electron chi connectivity index (χ4n) is 2.69. The molecule has 1 saturated heterocycles. The van der Waals surface area contributed by atoms with Crippen molar-refractivity contribution >= 4 is 0 Å². The van der Waals surface area contributed by atoms with E-state index in [0.29, 0.717) is 0 Å². The molecule has 0 saturated carbocycles. The summed E-state index contributed by atoms with van der Waals surface area (Å²) in [5.74, 6) is 5.74. The van der Waals surface area contributed by atoms with E-state index in [4.69, 9.17) is 5.84 Å². The highest BCUT2D eigenvalue weighted by atomic mass is 15.4. The van der Waals surface area contributed by atoms with Crippen LogP contribution in [0.3, 0.4) is 0 Å². The zero-order valence-corrected chi connectivity index (χ0v) is 10.8. The van der Waals surface area contributed by atoms with Crippen molar-refractivity contribution in [2.24, 2.45) is 12.9 Å². The Bertz CT molecular complexity index is 366. The molecule has 1 aliphatic rings. The first-order valence-electron chi connectivity index (χ1n) is 6.13. The van der Waals surface area contributed by atoms with Crippen LogP contribution in [0.1, 0.15) is 38.4 Å². The van der Waals surface area contributed by atoms with Gasteiger partial charge >= 0.3 is 0 Å². The topological polar surface area (TPSA) is 72.0 Å². The lowest BCUT2D eigenvalue weighted by Gasteiger charge is -2.41. The third-order valence-corrected chi connectivity index (χ3v) is 3.84. The Hall–Kier alpha value is -0.980. The molecule has 2 rings (SSSR count). The molecular formula is C11H22N6. The first-order valence-corrected chi connectivity index (χ1v) is 6.13. The van der Waals surface area contributed by atoms with E-state index in [0.717, 1.165) is 18.8 Å². The van der Waals surface area contributed by atoms with Crippen molar-refractivity contribution in [3.63, 3.8) is 0 Å². The number of aryl methyl sites for hydroxylation is 1. The van der Waals surface area contributed by atoms with E-state index < -0.39 is 0 Å². The van der Waals surface area contributed by atoms with E-state index in [-0.39, 0.29) is 11.6 Å². The highest BCUT2D eigenvalue weighted by Crippen LogP contribution is 2.32. The van der Waals surface area contributed by atoms with Crippen LogP contribution in [0.15, 0.2) is 6.20 Å². The third kappa shape index (κ3) is 2.20. The predicted octanol–water partition coefficient (Wildman–Crippen LogP) is 0.194. The van der Waals surface area contributed by atoms with Crippen molar-refractivity contribution in [1.29, 1.82) is 0 Å². The smallest absolute Gasteiger partial charge is 0.0823 e. The molecule has 0 radical (unpaired) electrons. The maximum Gasteiger partial charge on any atom is 0.0823 e. The van der Waals surface area contributed by atoms with Crippen LogP contribution in [0.25, 0.3) is 0 Å². The summed E-state index contributed by atoms with van der Waals surface area (Å²) in [5.41, 5.74) is 3.90. The predicted molar refractivity (Wildman–Crippen MR) is 66.0 cm³/mol. The van der Waals surface area contributed by atoms with Crippen LogP contribution < -0.4 is 11.3 Å².